The lowest BCUT2D eigenvalue weighted by Crippen LogP contribution is -2.23. The normalized spacial score (nSPS) is 10.4. The third-order valence-corrected chi connectivity index (χ3v) is 2.10. The fraction of sp³-hybridized carbons (Fsp3) is 0.700. The fourth-order valence-electron chi connectivity index (χ4n) is 1.29. The second-order valence-corrected chi connectivity index (χ2v) is 3.47. The van der Waals surface area contributed by atoms with Crippen molar-refractivity contribution >= 4 is 5.91 Å². The number of carbonyl (C=O) groups is 1. The fourth-order valence-corrected chi connectivity index (χ4v) is 1.29. The summed E-state index contributed by atoms with van der Waals surface area (Å²) < 4.78 is 4.96. The van der Waals surface area contributed by atoms with Crippen molar-refractivity contribution in [2.45, 2.75) is 32.6 Å². The third kappa shape index (κ3) is 3.98. The van der Waals surface area contributed by atoms with Gasteiger partial charge in [0.2, 0.25) is 5.89 Å². The van der Waals surface area contributed by atoms with Crippen molar-refractivity contribution in [3.8, 4) is 0 Å². The lowest BCUT2D eigenvalue weighted by molar-refractivity contribution is 0.0942. The van der Waals surface area contributed by atoms with Gasteiger partial charge in [0.15, 0.2) is 0 Å². The van der Waals surface area contributed by atoms with Crippen LogP contribution in [0.4, 0.5) is 0 Å². The van der Waals surface area contributed by atoms with Gasteiger partial charge in [-0.2, -0.15) is 4.98 Å². The molecule has 1 amide bonds. The van der Waals surface area contributed by atoms with Gasteiger partial charge in [-0.1, -0.05) is 11.6 Å². The third-order valence-electron chi connectivity index (χ3n) is 2.10. The highest BCUT2D eigenvalue weighted by molar-refractivity contribution is 5.90. The number of unbranched alkanes of at least 4 members (excludes halogenated alkanes) is 2. The molecule has 16 heavy (non-hydrogen) atoms. The topological polar surface area (TPSA) is 94.0 Å². The highest BCUT2D eigenvalue weighted by atomic mass is 16.5. The molecule has 3 N–H and O–H groups in total. The second kappa shape index (κ2) is 6.95. The summed E-state index contributed by atoms with van der Waals surface area (Å²) in [6, 6.07) is 0. The molecule has 1 rings (SSSR count). The molecule has 0 atom stereocenters. The molecule has 0 spiro atoms. The average Bonchev–Trinajstić information content (AvgIpc) is 2.73. The van der Waals surface area contributed by atoms with Crippen molar-refractivity contribution in [2.75, 3.05) is 13.1 Å². The molecule has 0 fully saturated rings. The van der Waals surface area contributed by atoms with Crippen molar-refractivity contribution in [1.29, 1.82) is 0 Å². The Morgan fingerprint density at radius 2 is 2.25 bits per heavy atom. The van der Waals surface area contributed by atoms with Crippen LogP contribution in [0.3, 0.4) is 0 Å². The van der Waals surface area contributed by atoms with Crippen LogP contribution in [0.5, 0.6) is 0 Å². The van der Waals surface area contributed by atoms with Crippen LogP contribution in [-0.2, 0) is 6.42 Å². The van der Waals surface area contributed by atoms with Gasteiger partial charge in [0, 0.05) is 13.0 Å². The standard InChI is InChI=1S/C10H18N4O2/c1-2-12-10(15)9-13-8(16-14-9)6-4-3-5-7-11/h2-7,11H2,1H3,(H,12,15). The molecule has 0 aliphatic heterocycles. The summed E-state index contributed by atoms with van der Waals surface area (Å²) >= 11 is 0. The Morgan fingerprint density at radius 3 is 2.94 bits per heavy atom. The number of amides is 1. The first-order valence-electron chi connectivity index (χ1n) is 5.58. The van der Waals surface area contributed by atoms with E-state index in [1.54, 1.807) is 0 Å². The molecular weight excluding hydrogens is 208 g/mol. The Kier molecular flexibility index (Phi) is 5.49. The van der Waals surface area contributed by atoms with E-state index in [1.807, 2.05) is 6.92 Å². The summed E-state index contributed by atoms with van der Waals surface area (Å²) in [5.74, 6) is 0.327. The van der Waals surface area contributed by atoms with E-state index in [-0.39, 0.29) is 11.7 Å². The van der Waals surface area contributed by atoms with Gasteiger partial charge in [0.1, 0.15) is 0 Å². The van der Waals surface area contributed by atoms with Crippen molar-refractivity contribution in [3.63, 3.8) is 0 Å². The number of nitrogens with zero attached hydrogens (tertiary/aromatic N) is 2. The molecule has 0 unspecified atom stereocenters. The van der Waals surface area contributed by atoms with Crippen molar-refractivity contribution < 1.29 is 9.32 Å². The monoisotopic (exact) mass is 226 g/mol. The first-order chi connectivity index (χ1) is 7.77. The lowest BCUT2D eigenvalue weighted by atomic mass is 10.2. The minimum absolute atomic E-state index is 0.107. The van der Waals surface area contributed by atoms with Crippen LogP contribution in [0, 0.1) is 0 Å². The van der Waals surface area contributed by atoms with Gasteiger partial charge < -0.3 is 15.6 Å². The first-order valence-corrected chi connectivity index (χ1v) is 5.58. The Labute approximate surface area is 94.6 Å². The van der Waals surface area contributed by atoms with Gasteiger partial charge in [-0.3, -0.25) is 4.79 Å². The highest BCUT2D eigenvalue weighted by Gasteiger charge is 2.12. The van der Waals surface area contributed by atoms with Crippen LogP contribution in [-0.4, -0.2) is 29.1 Å². The van der Waals surface area contributed by atoms with Gasteiger partial charge >= 0.3 is 0 Å². The molecule has 6 heteroatoms. The Hall–Kier alpha value is -1.43. The molecule has 0 radical (unpaired) electrons. The van der Waals surface area contributed by atoms with E-state index in [0.717, 1.165) is 19.3 Å². The molecule has 1 aromatic heterocycles. The smallest absolute Gasteiger partial charge is 0.292 e. The largest absolute Gasteiger partial charge is 0.349 e. The molecule has 90 valence electrons. The maximum atomic E-state index is 11.3. The van der Waals surface area contributed by atoms with E-state index in [1.165, 1.54) is 0 Å². The minimum Gasteiger partial charge on any atom is -0.349 e. The van der Waals surface area contributed by atoms with Gasteiger partial charge in [-0.25, -0.2) is 0 Å². The molecule has 1 aromatic rings. The number of aryl methyl sites for hydroxylation is 1. The number of carbonyl (C=O) groups excluding carboxylic acids is 1. The zero-order valence-corrected chi connectivity index (χ0v) is 9.53. The maximum absolute atomic E-state index is 11.3. The zero-order chi connectivity index (χ0) is 11.8. The van der Waals surface area contributed by atoms with E-state index in [0.29, 0.717) is 25.4 Å². The molecule has 0 saturated heterocycles. The highest BCUT2D eigenvalue weighted by Crippen LogP contribution is 2.04. The molecule has 0 aliphatic rings. The number of hydrogen-bond acceptors (Lipinski definition) is 5. The van der Waals surface area contributed by atoms with E-state index in [4.69, 9.17) is 10.3 Å². The SMILES string of the molecule is CCNC(=O)c1noc(CCCCCN)n1. The van der Waals surface area contributed by atoms with E-state index in [2.05, 4.69) is 15.5 Å². The summed E-state index contributed by atoms with van der Waals surface area (Å²) in [5, 5.41) is 6.22. The summed E-state index contributed by atoms with van der Waals surface area (Å²) in [5.41, 5.74) is 5.38. The maximum Gasteiger partial charge on any atom is 0.292 e. The van der Waals surface area contributed by atoms with E-state index >= 15 is 0 Å². The van der Waals surface area contributed by atoms with Crippen LogP contribution < -0.4 is 11.1 Å². The van der Waals surface area contributed by atoms with Gasteiger partial charge in [-0.05, 0) is 26.3 Å². The van der Waals surface area contributed by atoms with Crippen LogP contribution in [0.25, 0.3) is 0 Å². The summed E-state index contributed by atoms with van der Waals surface area (Å²) in [4.78, 5) is 15.3. The minimum atomic E-state index is -0.292. The lowest BCUT2D eigenvalue weighted by Gasteiger charge is -1.94. The molecule has 0 aromatic carbocycles. The molecule has 6 nitrogen and oxygen atoms in total. The molecule has 0 saturated carbocycles. The summed E-state index contributed by atoms with van der Waals surface area (Å²) in [7, 11) is 0. The number of hydrogen-bond donors (Lipinski definition) is 2. The quantitative estimate of drug-likeness (QED) is 0.660. The molecule has 0 bridgehead atoms. The number of aromatic nitrogens is 2. The van der Waals surface area contributed by atoms with E-state index < -0.39 is 0 Å². The predicted octanol–water partition coefficient (Wildman–Crippen LogP) is 0.491. The zero-order valence-electron chi connectivity index (χ0n) is 9.53. The summed E-state index contributed by atoms with van der Waals surface area (Å²) in [6.07, 6.45) is 3.69. The van der Waals surface area contributed by atoms with Crippen LogP contribution in [0.15, 0.2) is 4.52 Å². The Bertz CT molecular complexity index is 324. The van der Waals surface area contributed by atoms with Gasteiger partial charge in [-0.15, -0.1) is 0 Å². The van der Waals surface area contributed by atoms with Gasteiger partial charge in [0.25, 0.3) is 11.7 Å². The second-order valence-electron chi connectivity index (χ2n) is 3.47. The summed E-state index contributed by atoms with van der Waals surface area (Å²) in [6.45, 7) is 3.10. The number of nitrogens with two attached hydrogens (primary N) is 1. The van der Waals surface area contributed by atoms with Crippen LogP contribution in [0.1, 0.15) is 42.7 Å². The van der Waals surface area contributed by atoms with Crippen molar-refractivity contribution in [2.24, 2.45) is 5.73 Å². The molecule has 0 aliphatic carbocycles. The van der Waals surface area contributed by atoms with Crippen LogP contribution >= 0.6 is 0 Å². The van der Waals surface area contributed by atoms with Gasteiger partial charge in [0.05, 0.1) is 0 Å². The van der Waals surface area contributed by atoms with Crippen LogP contribution in [0.2, 0.25) is 0 Å². The predicted molar refractivity (Wildman–Crippen MR) is 58.9 cm³/mol. The Balaban J connectivity index is 2.36. The average molecular weight is 226 g/mol. The Morgan fingerprint density at radius 1 is 1.44 bits per heavy atom. The molecule has 1 heterocycles. The van der Waals surface area contributed by atoms with Crippen molar-refractivity contribution in [3.05, 3.63) is 11.7 Å². The number of rotatable bonds is 7. The van der Waals surface area contributed by atoms with Crippen molar-refractivity contribution in [1.82, 2.24) is 15.5 Å². The first kappa shape index (κ1) is 12.6. The molecular formula is C10H18N4O2. The van der Waals surface area contributed by atoms with E-state index in [9.17, 15) is 4.79 Å². The number of nitrogens with one attached hydrogen (secondary N) is 1.